The van der Waals surface area contributed by atoms with Crippen molar-refractivity contribution in [2.45, 2.75) is 19.4 Å². The molecule has 2 rings (SSSR count). The van der Waals surface area contributed by atoms with E-state index in [0.29, 0.717) is 18.1 Å². The zero-order valence-electron chi connectivity index (χ0n) is 7.80. The van der Waals surface area contributed by atoms with E-state index in [-0.39, 0.29) is 6.04 Å². The second-order valence-electron chi connectivity index (χ2n) is 3.09. The quantitative estimate of drug-likeness (QED) is 0.836. The highest BCUT2D eigenvalue weighted by atomic mass is 32.1. The Hall–Kier alpha value is -1.20. The van der Waals surface area contributed by atoms with Crippen LogP contribution in [0.25, 0.3) is 0 Å². The fourth-order valence-electron chi connectivity index (χ4n) is 1.09. The van der Waals surface area contributed by atoms with E-state index < -0.39 is 0 Å². The van der Waals surface area contributed by atoms with Gasteiger partial charge in [0.15, 0.2) is 5.82 Å². The molecule has 0 aromatic carbocycles. The van der Waals surface area contributed by atoms with Gasteiger partial charge >= 0.3 is 0 Å². The summed E-state index contributed by atoms with van der Waals surface area (Å²) in [5, 5.41) is 5.82. The molecule has 1 atom stereocenters. The van der Waals surface area contributed by atoms with Crippen LogP contribution in [0.5, 0.6) is 0 Å². The van der Waals surface area contributed by atoms with Gasteiger partial charge in [0.1, 0.15) is 0 Å². The third-order valence-electron chi connectivity index (χ3n) is 1.80. The molecule has 0 aliphatic heterocycles. The van der Waals surface area contributed by atoms with Gasteiger partial charge in [0, 0.05) is 4.88 Å². The Balaban J connectivity index is 2.11. The van der Waals surface area contributed by atoms with Crippen LogP contribution >= 0.6 is 11.3 Å². The number of nitrogens with zero attached hydrogens (tertiary/aromatic N) is 2. The first-order chi connectivity index (χ1) is 6.75. The molecule has 4 nitrogen and oxygen atoms in total. The molecule has 0 saturated heterocycles. The summed E-state index contributed by atoms with van der Waals surface area (Å²) in [6.07, 6.45) is 0.692. The van der Waals surface area contributed by atoms with Gasteiger partial charge in [-0.15, -0.1) is 11.3 Å². The van der Waals surface area contributed by atoms with Crippen LogP contribution in [-0.2, 0) is 6.42 Å². The molecule has 0 aliphatic carbocycles. The third-order valence-corrected chi connectivity index (χ3v) is 2.67. The van der Waals surface area contributed by atoms with Gasteiger partial charge in [-0.3, -0.25) is 0 Å². The molecule has 5 heteroatoms. The molecule has 2 aromatic rings. The van der Waals surface area contributed by atoms with Crippen LogP contribution in [0.1, 0.15) is 29.6 Å². The van der Waals surface area contributed by atoms with Crippen molar-refractivity contribution >= 4 is 11.3 Å². The van der Waals surface area contributed by atoms with Crippen LogP contribution in [0.3, 0.4) is 0 Å². The lowest BCUT2D eigenvalue weighted by atomic mass is 10.3. The highest BCUT2D eigenvalue weighted by Crippen LogP contribution is 2.14. The molecule has 2 aromatic heterocycles. The van der Waals surface area contributed by atoms with Gasteiger partial charge in [-0.1, -0.05) is 11.2 Å². The van der Waals surface area contributed by atoms with Crippen molar-refractivity contribution in [2.24, 2.45) is 5.73 Å². The van der Waals surface area contributed by atoms with Crippen molar-refractivity contribution in [3.63, 3.8) is 0 Å². The summed E-state index contributed by atoms with van der Waals surface area (Å²) >= 11 is 1.68. The van der Waals surface area contributed by atoms with Crippen LogP contribution in [0.4, 0.5) is 0 Å². The van der Waals surface area contributed by atoms with E-state index in [2.05, 4.69) is 10.1 Å². The summed E-state index contributed by atoms with van der Waals surface area (Å²) in [5.41, 5.74) is 5.62. The molecule has 1 unspecified atom stereocenters. The normalized spacial score (nSPS) is 13.0. The largest absolute Gasteiger partial charge is 0.339 e. The lowest BCUT2D eigenvalue weighted by Gasteiger charge is -1.92. The molecular formula is C9H11N3OS. The number of nitrogens with two attached hydrogens (primary N) is 1. The minimum absolute atomic E-state index is 0.171. The predicted molar refractivity (Wildman–Crippen MR) is 54.0 cm³/mol. The number of thiophene rings is 1. The molecule has 0 amide bonds. The van der Waals surface area contributed by atoms with Gasteiger partial charge in [-0.05, 0) is 18.4 Å². The van der Waals surface area contributed by atoms with Crippen LogP contribution in [0.15, 0.2) is 22.0 Å². The predicted octanol–water partition coefficient (Wildman–Crippen LogP) is 1.74. The third kappa shape index (κ3) is 2.00. The summed E-state index contributed by atoms with van der Waals surface area (Å²) in [4.78, 5) is 5.40. The smallest absolute Gasteiger partial charge is 0.231 e. The molecule has 0 aliphatic rings. The first kappa shape index (κ1) is 9.36. The fourth-order valence-corrected chi connectivity index (χ4v) is 1.78. The van der Waals surface area contributed by atoms with Crippen LogP contribution in [0, 0.1) is 0 Å². The molecule has 0 fully saturated rings. The van der Waals surface area contributed by atoms with Crippen molar-refractivity contribution in [2.75, 3.05) is 0 Å². The number of rotatable bonds is 3. The Labute approximate surface area is 85.7 Å². The molecule has 2 heterocycles. The summed E-state index contributed by atoms with van der Waals surface area (Å²) in [6, 6.07) is 3.87. The average molecular weight is 209 g/mol. The summed E-state index contributed by atoms with van der Waals surface area (Å²) < 4.78 is 5.06. The van der Waals surface area contributed by atoms with E-state index in [1.165, 1.54) is 4.88 Å². The van der Waals surface area contributed by atoms with Crippen LogP contribution in [-0.4, -0.2) is 10.1 Å². The summed E-state index contributed by atoms with van der Waals surface area (Å²) in [5.74, 6) is 1.19. The first-order valence-corrected chi connectivity index (χ1v) is 5.24. The van der Waals surface area contributed by atoms with Crippen molar-refractivity contribution in [1.29, 1.82) is 0 Å². The average Bonchev–Trinajstić information content (AvgIpc) is 2.75. The SMILES string of the molecule is CC(N)c1noc(Cc2cccs2)n1. The lowest BCUT2D eigenvalue weighted by Crippen LogP contribution is -2.06. The van der Waals surface area contributed by atoms with Crippen molar-refractivity contribution < 1.29 is 4.52 Å². The lowest BCUT2D eigenvalue weighted by molar-refractivity contribution is 0.377. The minimum Gasteiger partial charge on any atom is -0.339 e. The number of aromatic nitrogens is 2. The first-order valence-electron chi connectivity index (χ1n) is 4.36. The molecule has 0 bridgehead atoms. The standard InChI is InChI=1S/C9H11N3OS/c1-6(10)9-11-8(13-12-9)5-7-3-2-4-14-7/h2-4,6H,5,10H2,1H3. The van der Waals surface area contributed by atoms with Gasteiger partial charge in [-0.2, -0.15) is 4.98 Å². The Morgan fingerprint density at radius 1 is 1.64 bits per heavy atom. The zero-order valence-corrected chi connectivity index (χ0v) is 8.62. The van der Waals surface area contributed by atoms with Crippen molar-refractivity contribution in [1.82, 2.24) is 10.1 Å². The minimum atomic E-state index is -0.171. The molecule has 0 saturated carbocycles. The maximum Gasteiger partial charge on any atom is 0.231 e. The van der Waals surface area contributed by atoms with Gasteiger partial charge in [-0.25, -0.2) is 0 Å². The highest BCUT2D eigenvalue weighted by molar-refractivity contribution is 7.09. The fraction of sp³-hybridized carbons (Fsp3) is 0.333. The summed E-state index contributed by atoms with van der Waals surface area (Å²) in [7, 11) is 0. The Morgan fingerprint density at radius 2 is 2.50 bits per heavy atom. The van der Waals surface area contributed by atoms with Crippen molar-refractivity contribution in [3.8, 4) is 0 Å². The molecule has 74 valence electrons. The maximum atomic E-state index is 5.62. The van der Waals surface area contributed by atoms with E-state index >= 15 is 0 Å². The number of hydrogen-bond donors (Lipinski definition) is 1. The van der Waals surface area contributed by atoms with Crippen LogP contribution < -0.4 is 5.73 Å². The number of hydrogen-bond acceptors (Lipinski definition) is 5. The monoisotopic (exact) mass is 209 g/mol. The molecule has 0 radical (unpaired) electrons. The Kier molecular flexibility index (Phi) is 2.60. The van der Waals surface area contributed by atoms with E-state index in [9.17, 15) is 0 Å². The van der Waals surface area contributed by atoms with Gasteiger partial charge in [0.05, 0.1) is 12.5 Å². The van der Waals surface area contributed by atoms with Crippen molar-refractivity contribution in [3.05, 3.63) is 34.1 Å². The molecule has 2 N–H and O–H groups in total. The van der Waals surface area contributed by atoms with E-state index in [1.807, 2.05) is 24.4 Å². The maximum absolute atomic E-state index is 5.62. The van der Waals surface area contributed by atoms with E-state index in [0.717, 1.165) is 0 Å². The van der Waals surface area contributed by atoms with E-state index in [1.54, 1.807) is 11.3 Å². The highest BCUT2D eigenvalue weighted by Gasteiger charge is 2.10. The molecular weight excluding hydrogens is 198 g/mol. The second-order valence-corrected chi connectivity index (χ2v) is 4.12. The van der Waals surface area contributed by atoms with E-state index in [4.69, 9.17) is 10.3 Å². The van der Waals surface area contributed by atoms with Gasteiger partial charge in [0.25, 0.3) is 0 Å². The van der Waals surface area contributed by atoms with Gasteiger partial charge in [0.2, 0.25) is 5.89 Å². The Bertz CT molecular complexity index is 394. The zero-order chi connectivity index (χ0) is 9.97. The summed E-state index contributed by atoms with van der Waals surface area (Å²) in [6.45, 7) is 1.83. The molecule has 0 spiro atoms. The second kappa shape index (κ2) is 3.89. The Morgan fingerprint density at radius 3 is 3.07 bits per heavy atom. The topological polar surface area (TPSA) is 64.9 Å². The molecule has 14 heavy (non-hydrogen) atoms. The van der Waals surface area contributed by atoms with Gasteiger partial charge < -0.3 is 10.3 Å². The van der Waals surface area contributed by atoms with Crippen LogP contribution in [0.2, 0.25) is 0 Å².